The lowest BCUT2D eigenvalue weighted by molar-refractivity contribution is -0.120. The average molecular weight is 283 g/mol. The van der Waals surface area contributed by atoms with Crippen molar-refractivity contribution in [3.63, 3.8) is 0 Å². The predicted molar refractivity (Wildman–Crippen MR) is 72.4 cm³/mol. The maximum Gasteiger partial charge on any atom is 0.340 e. The highest BCUT2D eigenvalue weighted by Gasteiger charge is 2.27. The lowest BCUT2D eigenvalue weighted by Gasteiger charge is -2.24. The molecule has 0 aliphatic heterocycles. The van der Waals surface area contributed by atoms with E-state index >= 15 is 0 Å². The van der Waals surface area contributed by atoms with Gasteiger partial charge in [0.05, 0.1) is 5.69 Å². The van der Waals surface area contributed by atoms with E-state index in [0.29, 0.717) is 10.7 Å². The summed E-state index contributed by atoms with van der Waals surface area (Å²) in [5.74, 6) is -1.27. The summed E-state index contributed by atoms with van der Waals surface area (Å²) in [6, 6.07) is 0.185. The van der Waals surface area contributed by atoms with Crippen LogP contribution >= 0.6 is 11.5 Å². The second-order valence-electron chi connectivity index (χ2n) is 4.88. The summed E-state index contributed by atoms with van der Waals surface area (Å²) >= 11 is 1.01. The monoisotopic (exact) mass is 283 g/mol. The van der Waals surface area contributed by atoms with Crippen molar-refractivity contribution in [2.24, 2.45) is 11.7 Å². The minimum absolute atomic E-state index is 0.0798. The average Bonchev–Trinajstić information content (AvgIpc) is 2.71. The zero-order valence-electron chi connectivity index (χ0n) is 10.7. The van der Waals surface area contributed by atoms with E-state index in [4.69, 9.17) is 10.8 Å². The second-order valence-corrected chi connectivity index (χ2v) is 5.65. The zero-order chi connectivity index (χ0) is 14.0. The molecule has 0 spiro atoms. The normalized spacial score (nSPS) is 23.1. The molecule has 7 heteroatoms. The number of carboxylic acid groups (broad SMARTS) is 1. The fourth-order valence-electron chi connectivity index (χ4n) is 2.30. The smallest absolute Gasteiger partial charge is 0.340 e. The number of carbonyl (C=O) groups excluding carboxylic acids is 1. The van der Waals surface area contributed by atoms with Crippen LogP contribution in [0.1, 0.15) is 41.7 Å². The Morgan fingerprint density at radius 2 is 2.00 bits per heavy atom. The van der Waals surface area contributed by atoms with Gasteiger partial charge >= 0.3 is 5.97 Å². The zero-order valence-corrected chi connectivity index (χ0v) is 11.5. The van der Waals surface area contributed by atoms with Gasteiger partial charge in [0.2, 0.25) is 5.91 Å². The van der Waals surface area contributed by atoms with Gasteiger partial charge in [-0.25, -0.2) is 4.79 Å². The van der Waals surface area contributed by atoms with Crippen molar-refractivity contribution >= 4 is 28.4 Å². The summed E-state index contributed by atoms with van der Waals surface area (Å²) in [7, 11) is 0. The van der Waals surface area contributed by atoms with Crippen LogP contribution in [0, 0.1) is 12.8 Å². The van der Waals surface area contributed by atoms with Gasteiger partial charge in [-0.1, -0.05) is 0 Å². The standard InChI is InChI=1S/C12H17N3O3S/c1-6-9(12(17)18)11(19-15-6)14-10(16)7-2-4-8(13)5-3-7/h7-8H,2-5,13H2,1H3,(H,14,16)(H,17,18). The Kier molecular flexibility index (Phi) is 4.16. The van der Waals surface area contributed by atoms with E-state index in [1.165, 1.54) is 0 Å². The van der Waals surface area contributed by atoms with E-state index in [9.17, 15) is 9.59 Å². The molecule has 0 radical (unpaired) electrons. The molecule has 6 nitrogen and oxygen atoms in total. The van der Waals surface area contributed by atoms with Crippen LogP contribution in [0.15, 0.2) is 0 Å². The van der Waals surface area contributed by atoms with Crippen LogP contribution < -0.4 is 11.1 Å². The number of nitrogens with one attached hydrogen (secondary N) is 1. The van der Waals surface area contributed by atoms with Gasteiger partial charge in [-0.3, -0.25) is 4.79 Å². The highest BCUT2D eigenvalue weighted by atomic mass is 32.1. The molecule has 0 saturated heterocycles. The van der Waals surface area contributed by atoms with Gasteiger partial charge in [0.25, 0.3) is 0 Å². The molecule has 1 aromatic heterocycles. The maximum absolute atomic E-state index is 12.1. The van der Waals surface area contributed by atoms with E-state index in [0.717, 1.165) is 37.2 Å². The summed E-state index contributed by atoms with van der Waals surface area (Å²) in [4.78, 5) is 23.2. The van der Waals surface area contributed by atoms with E-state index in [2.05, 4.69) is 9.69 Å². The van der Waals surface area contributed by atoms with Crippen LogP contribution in [0.3, 0.4) is 0 Å². The van der Waals surface area contributed by atoms with Crippen molar-refractivity contribution in [1.29, 1.82) is 0 Å². The van der Waals surface area contributed by atoms with Gasteiger partial charge in [0.15, 0.2) is 0 Å². The molecule has 1 heterocycles. The number of anilines is 1. The number of aromatic nitrogens is 1. The van der Waals surface area contributed by atoms with E-state index in [1.54, 1.807) is 6.92 Å². The van der Waals surface area contributed by atoms with Crippen molar-refractivity contribution in [3.05, 3.63) is 11.3 Å². The molecule has 0 unspecified atom stereocenters. The summed E-state index contributed by atoms with van der Waals surface area (Å²) in [5.41, 5.74) is 6.32. The van der Waals surface area contributed by atoms with Gasteiger partial charge in [-0.15, -0.1) is 0 Å². The Hall–Kier alpha value is -1.47. The molecule has 2 rings (SSSR count). The van der Waals surface area contributed by atoms with Crippen LogP contribution in [0.4, 0.5) is 5.00 Å². The summed E-state index contributed by atoms with van der Waals surface area (Å²) in [6.07, 6.45) is 3.19. The Bertz CT molecular complexity index is 492. The third-order valence-corrected chi connectivity index (χ3v) is 4.31. The Labute approximate surface area is 115 Å². The molecule has 1 saturated carbocycles. The lowest BCUT2D eigenvalue weighted by Crippen LogP contribution is -2.32. The minimum atomic E-state index is -1.06. The number of carboxylic acids is 1. The molecular weight excluding hydrogens is 266 g/mol. The predicted octanol–water partition coefficient (Wildman–Crippen LogP) is 1.61. The Morgan fingerprint density at radius 3 is 2.58 bits per heavy atom. The van der Waals surface area contributed by atoms with Crippen molar-refractivity contribution in [2.45, 2.75) is 38.6 Å². The van der Waals surface area contributed by atoms with E-state index in [1.807, 2.05) is 0 Å². The van der Waals surface area contributed by atoms with Gasteiger partial charge < -0.3 is 16.2 Å². The van der Waals surface area contributed by atoms with E-state index < -0.39 is 5.97 Å². The third-order valence-electron chi connectivity index (χ3n) is 3.46. The van der Waals surface area contributed by atoms with E-state index in [-0.39, 0.29) is 23.4 Å². The third kappa shape index (κ3) is 3.10. The molecule has 0 atom stereocenters. The first-order valence-electron chi connectivity index (χ1n) is 6.25. The number of aromatic carboxylic acids is 1. The highest BCUT2D eigenvalue weighted by molar-refractivity contribution is 7.11. The fourth-order valence-corrected chi connectivity index (χ4v) is 3.09. The number of aryl methyl sites for hydroxylation is 1. The number of nitrogens with zero attached hydrogens (tertiary/aromatic N) is 1. The Morgan fingerprint density at radius 1 is 1.37 bits per heavy atom. The largest absolute Gasteiger partial charge is 0.478 e. The first-order chi connectivity index (χ1) is 8.99. The molecule has 1 aliphatic rings. The molecule has 1 fully saturated rings. The van der Waals surface area contributed by atoms with Gasteiger partial charge in [-0.05, 0) is 44.1 Å². The van der Waals surface area contributed by atoms with Crippen molar-refractivity contribution in [2.75, 3.05) is 5.32 Å². The number of nitrogens with two attached hydrogens (primary N) is 1. The van der Waals surface area contributed by atoms with Crippen molar-refractivity contribution in [1.82, 2.24) is 4.37 Å². The molecule has 0 bridgehead atoms. The maximum atomic E-state index is 12.1. The number of hydrogen-bond acceptors (Lipinski definition) is 5. The van der Waals surface area contributed by atoms with Crippen molar-refractivity contribution in [3.8, 4) is 0 Å². The number of amides is 1. The van der Waals surface area contributed by atoms with Crippen LogP contribution in [-0.2, 0) is 4.79 Å². The van der Waals surface area contributed by atoms with Crippen LogP contribution in [0.2, 0.25) is 0 Å². The van der Waals surface area contributed by atoms with Crippen LogP contribution in [-0.4, -0.2) is 27.4 Å². The number of carbonyl (C=O) groups is 2. The minimum Gasteiger partial charge on any atom is -0.478 e. The number of hydrogen-bond donors (Lipinski definition) is 3. The molecule has 104 valence electrons. The SMILES string of the molecule is Cc1nsc(NC(=O)C2CCC(N)CC2)c1C(=O)O. The number of rotatable bonds is 3. The quantitative estimate of drug-likeness (QED) is 0.781. The molecular formula is C12H17N3O3S. The molecule has 19 heavy (non-hydrogen) atoms. The van der Waals surface area contributed by atoms with Crippen molar-refractivity contribution < 1.29 is 14.7 Å². The topological polar surface area (TPSA) is 105 Å². The second kappa shape index (κ2) is 5.66. The molecule has 1 aliphatic carbocycles. The molecule has 1 aromatic rings. The summed E-state index contributed by atoms with van der Waals surface area (Å²) in [5, 5.41) is 12.1. The first-order valence-corrected chi connectivity index (χ1v) is 7.02. The molecule has 0 aromatic carbocycles. The van der Waals surface area contributed by atoms with Gasteiger partial charge in [-0.2, -0.15) is 4.37 Å². The summed E-state index contributed by atoms with van der Waals surface area (Å²) in [6.45, 7) is 1.62. The molecule has 1 amide bonds. The van der Waals surface area contributed by atoms with Crippen LogP contribution in [0.5, 0.6) is 0 Å². The first kappa shape index (κ1) is 14.0. The lowest BCUT2D eigenvalue weighted by atomic mass is 9.86. The summed E-state index contributed by atoms with van der Waals surface area (Å²) < 4.78 is 3.97. The van der Waals surface area contributed by atoms with Gasteiger partial charge in [0.1, 0.15) is 10.6 Å². The van der Waals surface area contributed by atoms with Gasteiger partial charge in [0, 0.05) is 12.0 Å². The van der Waals surface area contributed by atoms with Crippen LogP contribution in [0.25, 0.3) is 0 Å². The highest BCUT2D eigenvalue weighted by Crippen LogP contribution is 2.28. The fraction of sp³-hybridized carbons (Fsp3) is 0.583. The molecule has 4 N–H and O–H groups in total. The Balaban J connectivity index is 2.05.